The summed E-state index contributed by atoms with van der Waals surface area (Å²) in [7, 11) is 2.14. The number of rotatable bonds is 3. The Morgan fingerprint density at radius 2 is 2.42 bits per heavy atom. The van der Waals surface area contributed by atoms with Gasteiger partial charge in [0.15, 0.2) is 5.58 Å². The number of aromatic amines is 1. The second-order valence-electron chi connectivity index (χ2n) is 4.94. The van der Waals surface area contributed by atoms with Gasteiger partial charge in [-0.15, -0.1) is 0 Å². The molecule has 0 saturated carbocycles. The molecule has 1 fully saturated rings. The van der Waals surface area contributed by atoms with Gasteiger partial charge in [0, 0.05) is 37.9 Å². The number of nitrogens with zero attached hydrogens (tertiary/aromatic N) is 1. The summed E-state index contributed by atoms with van der Waals surface area (Å²) >= 11 is 0. The third-order valence-corrected chi connectivity index (χ3v) is 3.61. The van der Waals surface area contributed by atoms with Gasteiger partial charge in [-0.1, -0.05) is 0 Å². The van der Waals surface area contributed by atoms with Gasteiger partial charge < -0.3 is 15.1 Å². The summed E-state index contributed by atoms with van der Waals surface area (Å²) in [4.78, 5) is 16.1. The summed E-state index contributed by atoms with van der Waals surface area (Å²) in [6.07, 6.45) is 0. The van der Waals surface area contributed by atoms with Crippen LogP contribution in [-0.4, -0.2) is 49.2 Å². The van der Waals surface area contributed by atoms with Crippen LogP contribution >= 0.6 is 0 Å². The van der Waals surface area contributed by atoms with Crippen LogP contribution in [-0.2, 0) is 0 Å². The van der Waals surface area contributed by atoms with Gasteiger partial charge in [-0.2, -0.15) is 0 Å². The Morgan fingerprint density at radius 1 is 1.53 bits per heavy atom. The molecule has 0 bridgehead atoms. The molecule has 3 N–H and O–H groups in total. The zero-order valence-electron chi connectivity index (χ0n) is 10.9. The number of fused-ring (bicyclic) bond motifs is 1. The van der Waals surface area contributed by atoms with E-state index in [2.05, 4.69) is 27.6 Å². The maximum atomic E-state index is 11.1. The van der Waals surface area contributed by atoms with Gasteiger partial charge in [-0.3, -0.25) is 9.88 Å². The number of nitrogens with one attached hydrogen (secondary N) is 3. The van der Waals surface area contributed by atoms with Crippen molar-refractivity contribution in [1.82, 2.24) is 15.2 Å². The molecule has 6 nitrogen and oxygen atoms in total. The molecule has 0 amide bonds. The van der Waals surface area contributed by atoms with Gasteiger partial charge in [-0.25, -0.2) is 4.79 Å². The molecule has 2 aromatic rings. The highest BCUT2D eigenvalue weighted by atomic mass is 16.4. The number of H-pyrrole nitrogens is 1. The molecule has 1 aromatic heterocycles. The summed E-state index contributed by atoms with van der Waals surface area (Å²) in [5.41, 5.74) is 2.31. The topological polar surface area (TPSA) is 73.3 Å². The van der Waals surface area contributed by atoms with Gasteiger partial charge in [0.25, 0.3) is 0 Å². The van der Waals surface area contributed by atoms with E-state index in [4.69, 9.17) is 4.42 Å². The average Bonchev–Trinajstić information content (AvgIpc) is 2.77. The molecule has 19 heavy (non-hydrogen) atoms. The van der Waals surface area contributed by atoms with Crippen LogP contribution in [0.3, 0.4) is 0 Å². The fourth-order valence-corrected chi connectivity index (χ4v) is 2.39. The predicted molar refractivity (Wildman–Crippen MR) is 74.6 cm³/mol. The maximum Gasteiger partial charge on any atom is 0.417 e. The van der Waals surface area contributed by atoms with Crippen LogP contribution in [0.15, 0.2) is 27.4 Å². The normalized spacial score (nSPS) is 20.8. The first kappa shape index (κ1) is 12.3. The van der Waals surface area contributed by atoms with Crippen LogP contribution in [0.4, 0.5) is 5.69 Å². The third kappa shape index (κ3) is 2.64. The molecule has 2 heterocycles. The largest absolute Gasteiger partial charge is 0.417 e. The van der Waals surface area contributed by atoms with Crippen LogP contribution in [0, 0.1) is 0 Å². The number of benzene rings is 1. The molecular weight excluding hydrogens is 244 g/mol. The Labute approximate surface area is 110 Å². The number of anilines is 1. The molecule has 0 aliphatic carbocycles. The quantitative estimate of drug-likeness (QED) is 0.748. The number of piperazine rings is 1. The lowest BCUT2D eigenvalue weighted by atomic mass is 10.2. The fourth-order valence-electron chi connectivity index (χ4n) is 2.39. The minimum atomic E-state index is -0.414. The molecule has 1 aliphatic rings. The number of aromatic nitrogens is 1. The molecule has 0 radical (unpaired) electrons. The molecule has 102 valence electrons. The first-order valence-electron chi connectivity index (χ1n) is 6.50. The molecule has 0 spiro atoms. The van der Waals surface area contributed by atoms with Crippen molar-refractivity contribution in [2.45, 2.75) is 6.04 Å². The average molecular weight is 262 g/mol. The van der Waals surface area contributed by atoms with E-state index in [0.29, 0.717) is 11.6 Å². The van der Waals surface area contributed by atoms with Crippen molar-refractivity contribution < 1.29 is 4.42 Å². The Morgan fingerprint density at radius 3 is 3.26 bits per heavy atom. The van der Waals surface area contributed by atoms with Crippen molar-refractivity contribution in [2.24, 2.45) is 0 Å². The van der Waals surface area contributed by atoms with Gasteiger partial charge in [0.05, 0.1) is 5.52 Å². The standard InChI is InChI=1S/C13H18N4O2/c1-17-5-4-14-7-10(17)8-15-9-2-3-12-11(6-9)16-13(18)19-12/h2-3,6,10,14-15H,4-5,7-8H2,1H3,(H,16,18). The maximum absolute atomic E-state index is 11.1. The number of oxazole rings is 1. The highest BCUT2D eigenvalue weighted by Crippen LogP contribution is 2.16. The lowest BCUT2D eigenvalue weighted by Crippen LogP contribution is -2.52. The number of hydrogen-bond acceptors (Lipinski definition) is 5. The monoisotopic (exact) mass is 262 g/mol. The minimum Gasteiger partial charge on any atom is -0.408 e. The highest BCUT2D eigenvalue weighted by Gasteiger charge is 2.17. The molecular formula is C13H18N4O2. The zero-order valence-corrected chi connectivity index (χ0v) is 10.9. The predicted octanol–water partition coefficient (Wildman–Crippen LogP) is 0.437. The Hall–Kier alpha value is -1.79. The molecule has 1 aliphatic heterocycles. The van der Waals surface area contributed by atoms with Crippen molar-refractivity contribution in [3.63, 3.8) is 0 Å². The van der Waals surface area contributed by atoms with Crippen LogP contribution in [0.1, 0.15) is 0 Å². The van der Waals surface area contributed by atoms with E-state index in [1.54, 1.807) is 6.07 Å². The van der Waals surface area contributed by atoms with E-state index in [1.807, 2.05) is 12.1 Å². The summed E-state index contributed by atoms with van der Waals surface area (Å²) in [6, 6.07) is 6.11. The fraction of sp³-hybridized carbons (Fsp3) is 0.462. The smallest absolute Gasteiger partial charge is 0.408 e. The van der Waals surface area contributed by atoms with Crippen LogP contribution in [0.25, 0.3) is 11.1 Å². The molecule has 1 atom stereocenters. The SMILES string of the molecule is CN1CCNCC1CNc1ccc2oc(=O)[nH]c2c1. The molecule has 1 unspecified atom stereocenters. The van der Waals surface area contributed by atoms with Gasteiger partial charge in [-0.05, 0) is 25.2 Å². The van der Waals surface area contributed by atoms with Crippen LogP contribution in [0.5, 0.6) is 0 Å². The third-order valence-electron chi connectivity index (χ3n) is 3.61. The first-order valence-corrected chi connectivity index (χ1v) is 6.50. The Bertz CT molecular complexity index is 618. The Balaban J connectivity index is 1.69. The molecule has 3 rings (SSSR count). The van der Waals surface area contributed by atoms with Crippen molar-refractivity contribution in [1.29, 1.82) is 0 Å². The number of likely N-dealkylation sites (N-methyl/N-ethyl adjacent to an activating group) is 1. The van der Waals surface area contributed by atoms with Gasteiger partial charge >= 0.3 is 5.76 Å². The van der Waals surface area contributed by atoms with E-state index in [-0.39, 0.29) is 0 Å². The first-order chi connectivity index (χ1) is 9.22. The van der Waals surface area contributed by atoms with Crippen LogP contribution in [0.2, 0.25) is 0 Å². The van der Waals surface area contributed by atoms with Crippen LogP contribution < -0.4 is 16.4 Å². The van der Waals surface area contributed by atoms with Crippen molar-refractivity contribution in [2.75, 3.05) is 38.5 Å². The van der Waals surface area contributed by atoms with Gasteiger partial charge in [0.2, 0.25) is 0 Å². The van der Waals surface area contributed by atoms with E-state index in [1.165, 1.54) is 0 Å². The van der Waals surface area contributed by atoms with Gasteiger partial charge in [0.1, 0.15) is 0 Å². The summed E-state index contributed by atoms with van der Waals surface area (Å²) < 4.78 is 4.98. The summed E-state index contributed by atoms with van der Waals surface area (Å²) in [6.45, 7) is 3.99. The lowest BCUT2D eigenvalue weighted by molar-refractivity contribution is 0.209. The van der Waals surface area contributed by atoms with Crippen molar-refractivity contribution in [3.8, 4) is 0 Å². The molecule has 1 saturated heterocycles. The van der Waals surface area contributed by atoms with E-state index in [9.17, 15) is 4.79 Å². The zero-order chi connectivity index (χ0) is 13.2. The van der Waals surface area contributed by atoms with Crippen molar-refractivity contribution >= 4 is 16.8 Å². The molecule has 1 aromatic carbocycles. The minimum absolute atomic E-state index is 0.414. The summed E-state index contributed by atoms with van der Waals surface area (Å²) in [5, 5.41) is 6.79. The summed E-state index contributed by atoms with van der Waals surface area (Å²) in [5.74, 6) is -0.414. The van der Waals surface area contributed by atoms with Crippen molar-refractivity contribution in [3.05, 3.63) is 28.7 Å². The van der Waals surface area contributed by atoms with E-state index >= 15 is 0 Å². The Kier molecular flexibility index (Phi) is 3.27. The lowest BCUT2D eigenvalue weighted by Gasteiger charge is -2.33. The van der Waals surface area contributed by atoms with E-state index < -0.39 is 5.76 Å². The van der Waals surface area contributed by atoms with E-state index in [0.717, 1.165) is 37.4 Å². The number of hydrogen-bond donors (Lipinski definition) is 3. The second kappa shape index (κ2) is 5.07. The second-order valence-corrected chi connectivity index (χ2v) is 4.94. The highest BCUT2D eigenvalue weighted by molar-refractivity contribution is 5.76. The molecule has 6 heteroatoms.